The number of rotatable bonds is 6. The summed E-state index contributed by atoms with van der Waals surface area (Å²) in [6, 6.07) is 9.56. The summed E-state index contributed by atoms with van der Waals surface area (Å²) in [6.07, 6.45) is 1.00. The molecule has 0 aliphatic carbocycles. The fourth-order valence-corrected chi connectivity index (χ4v) is 3.85. The summed E-state index contributed by atoms with van der Waals surface area (Å²) < 4.78 is 25.5. The van der Waals surface area contributed by atoms with Crippen molar-refractivity contribution in [3.63, 3.8) is 0 Å². The molecule has 3 nitrogen and oxygen atoms in total. The zero-order valence-corrected chi connectivity index (χ0v) is 13.5. The molecule has 0 saturated heterocycles. The fourth-order valence-electron chi connectivity index (χ4n) is 1.74. The van der Waals surface area contributed by atoms with Crippen molar-refractivity contribution in [2.45, 2.75) is 10.8 Å². The van der Waals surface area contributed by atoms with Crippen LogP contribution in [-0.2, 0) is 0 Å². The predicted octanol–water partition coefficient (Wildman–Crippen LogP) is 4.63. The van der Waals surface area contributed by atoms with Crippen molar-refractivity contribution in [3.8, 4) is 11.3 Å². The second-order valence-corrected chi connectivity index (χ2v) is 6.74. The van der Waals surface area contributed by atoms with Gasteiger partial charge in [-0.15, -0.1) is 11.3 Å². The summed E-state index contributed by atoms with van der Waals surface area (Å²) in [6.45, 7) is 0. The maximum Gasteiger partial charge on any atom is 0.266 e. The van der Waals surface area contributed by atoms with Crippen LogP contribution >= 0.6 is 23.1 Å². The zero-order chi connectivity index (χ0) is 15.9. The summed E-state index contributed by atoms with van der Waals surface area (Å²) in [5.74, 6) is 0.520. The standard InChI is InChI=1S/C15H14F2N2OS2/c1-19(20)10-12-14(11-6-3-2-4-7-11)18-15(22-12)21-9-5-8-13(16)17/h2-4,6-8,10H,5,9H2,1H3/b19-10-. The number of hydrogen-bond acceptors (Lipinski definition) is 4. The zero-order valence-electron chi connectivity index (χ0n) is 11.8. The molecular formula is C15H14F2N2OS2. The highest BCUT2D eigenvalue weighted by atomic mass is 32.2. The average molecular weight is 340 g/mol. The molecule has 22 heavy (non-hydrogen) atoms. The van der Waals surface area contributed by atoms with E-state index in [1.165, 1.54) is 36.4 Å². The lowest BCUT2D eigenvalue weighted by Gasteiger charge is -1.98. The molecule has 0 spiro atoms. The van der Waals surface area contributed by atoms with Crippen molar-refractivity contribution >= 4 is 29.3 Å². The average Bonchev–Trinajstić information content (AvgIpc) is 2.86. The molecule has 1 aromatic carbocycles. The molecule has 0 unspecified atom stereocenters. The Balaban J connectivity index is 2.21. The van der Waals surface area contributed by atoms with Gasteiger partial charge in [0.15, 0.2) is 10.6 Å². The third kappa shape index (κ3) is 4.92. The second-order valence-electron chi connectivity index (χ2n) is 4.36. The molecule has 0 bridgehead atoms. The van der Waals surface area contributed by atoms with E-state index in [9.17, 15) is 14.0 Å². The number of thiazole rings is 1. The van der Waals surface area contributed by atoms with E-state index < -0.39 is 6.08 Å². The summed E-state index contributed by atoms with van der Waals surface area (Å²) >= 11 is 2.80. The normalized spacial score (nSPS) is 11.5. The monoisotopic (exact) mass is 340 g/mol. The molecule has 2 rings (SSSR count). The number of aromatic nitrogens is 1. The quantitative estimate of drug-likeness (QED) is 0.192. The maximum absolute atomic E-state index is 12.0. The lowest BCUT2D eigenvalue weighted by Crippen LogP contribution is -1.97. The molecule has 116 valence electrons. The maximum atomic E-state index is 12.0. The Bertz CT molecular complexity index is 676. The van der Waals surface area contributed by atoms with Gasteiger partial charge in [0, 0.05) is 11.3 Å². The lowest BCUT2D eigenvalue weighted by atomic mass is 10.1. The molecule has 0 amide bonds. The minimum absolute atomic E-state index is 0.285. The molecule has 0 fully saturated rings. The smallest absolute Gasteiger partial charge is 0.266 e. The van der Waals surface area contributed by atoms with Gasteiger partial charge < -0.3 is 5.21 Å². The van der Waals surface area contributed by atoms with E-state index in [4.69, 9.17) is 0 Å². The Hall–Kier alpha value is -1.73. The van der Waals surface area contributed by atoms with Crippen molar-refractivity contribution in [2.75, 3.05) is 12.8 Å². The summed E-state index contributed by atoms with van der Waals surface area (Å²) in [7, 11) is 1.41. The molecule has 1 aromatic heterocycles. The SMILES string of the molecule is C/[N+]([O-])=C/c1sc(SCCC=C(F)F)nc1-c1ccccc1. The van der Waals surface area contributed by atoms with Crippen LogP contribution in [0.25, 0.3) is 11.3 Å². The predicted molar refractivity (Wildman–Crippen MR) is 87.9 cm³/mol. The number of nitrogens with zero attached hydrogens (tertiary/aromatic N) is 2. The first kappa shape index (κ1) is 16.6. The number of halogens is 2. The van der Waals surface area contributed by atoms with E-state index in [0.29, 0.717) is 5.75 Å². The number of hydrogen-bond donors (Lipinski definition) is 0. The van der Waals surface area contributed by atoms with Gasteiger partial charge in [0.1, 0.15) is 11.9 Å². The van der Waals surface area contributed by atoms with E-state index in [2.05, 4.69) is 4.98 Å². The van der Waals surface area contributed by atoms with Crippen molar-refractivity contribution in [2.24, 2.45) is 0 Å². The Morgan fingerprint density at radius 3 is 2.73 bits per heavy atom. The van der Waals surface area contributed by atoms with Gasteiger partial charge in [0.05, 0.1) is 5.69 Å². The molecule has 0 aliphatic rings. The minimum Gasteiger partial charge on any atom is -0.624 e. The van der Waals surface area contributed by atoms with Crippen LogP contribution < -0.4 is 0 Å². The van der Waals surface area contributed by atoms with Gasteiger partial charge in [-0.2, -0.15) is 8.78 Å². The van der Waals surface area contributed by atoms with Crippen LogP contribution in [-0.4, -0.2) is 28.7 Å². The Morgan fingerprint density at radius 2 is 2.09 bits per heavy atom. The van der Waals surface area contributed by atoms with Gasteiger partial charge in [0.2, 0.25) is 0 Å². The van der Waals surface area contributed by atoms with E-state index in [0.717, 1.165) is 31.3 Å². The third-order valence-corrected chi connectivity index (χ3v) is 4.79. The molecule has 0 atom stereocenters. The van der Waals surface area contributed by atoms with Crippen LogP contribution in [0.1, 0.15) is 11.3 Å². The van der Waals surface area contributed by atoms with Crippen LogP contribution in [0.3, 0.4) is 0 Å². The minimum atomic E-state index is -1.66. The van der Waals surface area contributed by atoms with Crippen molar-refractivity contribution < 1.29 is 13.5 Å². The van der Waals surface area contributed by atoms with Crippen molar-refractivity contribution in [1.29, 1.82) is 0 Å². The molecular weight excluding hydrogens is 326 g/mol. The first-order valence-electron chi connectivity index (χ1n) is 6.51. The number of hydroxylamine groups is 1. The topological polar surface area (TPSA) is 39.0 Å². The highest BCUT2D eigenvalue weighted by molar-refractivity contribution is 8.01. The molecule has 0 aliphatic heterocycles. The van der Waals surface area contributed by atoms with Crippen LogP contribution in [0.4, 0.5) is 8.78 Å². The third-order valence-electron chi connectivity index (χ3n) is 2.62. The molecule has 0 radical (unpaired) electrons. The van der Waals surface area contributed by atoms with E-state index >= 15 is 0 Å². The molecule has 0 N–H and O–H groups in total. The van der Waals surface area contributed by atoms with Gasteiger partial charge in [-0.3, -0.25) is 0 Å². The molecule has 0 saturated carbocycles. The van der Waals surface area contributed by atoms with E-state index in [1.54, 1.807) is 0 Å². The number of benzene rings is 1. The Labute approximate surface area is 135 Å². The van der Waals surface area contributed by atoms with Crippen LogP contribution in [0.5, 0.6) is 0 Å². The lowest BCUT2D eigenvalue weighted by molar-refractivity contribution is -0.416. The van der Waals surface area contributed by atoms with Gasteiger partial charge in [0.25, 0.3) is 6.08 Å². The van der Waals surface area contributed by atoms with Gasteiger partial charge >= 0.3 is 0 Å². The Kier molecular flexibility index (Phi) is 6.09. The van der Waals surface area contributed by atoms with Crippen LogP contribution in [0, 0.1) is 5.21 Å². The van der Waals surface area contributed by atoms with Crippen molar-refractivity contribution in [3.05, 3.63) is 52.6 Å². The number of thioether (sulfide) groups is 1. The van der Waals surface area contributed by atoms with E-state index in [1.807, 2.05) is 30.3 Å². The van der Waals surface area contributed by atoms with Crippen LogP contribution in [0.15, 0.2) is 46.8 Å². The first-order chi connectivity index (χ1) is 10.6. The van der Waals surface area contributed by atoms with Crippen molar-refractivity contribution in [1.82, 2.24) is 4.98 Å². The molecule has 7 heteroatoms. The van der Waals surface area contributed by atoms with Gasteiger partial charge in [-0.05, 0) is 12.5 Å². The van der Waals surface area contributed by atoms with Crippen LogP contribution in [0.2, 0.25) is 0 Å². The van der Waals surface area contributed by atoms with Gasteiger partial charge in [-0.25, -0.2) is 9.72 Å². The summed E-state index contributed by atoms with van der Waals surface area (Å²) in [5, 5.41) is 11.3. The second kappa shape index (κ2) is 8.05. The highest BCUT2D eigenvalue weighted by Gasteiger charge is 2.14. The number of allylic oxidation sites excluding steroid dienone is 1. The van der Waals surface area contributed by atoms with E-state index in [-0.39, 0.29) is 6.42 Å². The first-order valence-corrected chi connectivity index (χ1v) is 8.31. The highest BCUT2D eigenvalue weighted by Crippen LogP contribution is 2.32. The summed E-state index contributed by atoms with van der Waals surface area (Å²) in [4.78, 5) is 5.29. The van der Waals surface area contributed by atoms with Gasteiger partial charge in [-0.1, -0.05) is 42.1 Å². The summed E-state index contributed by atoms with van der Waals surface area (Å²) in [5.41, 5.74) is 1.66. The molecule has 2 aromatic rings. The fraction of sp³-hybridized carbons (Fsp3) is 0.200. The largest absolute Gasteiger partial charge is 0.624 e. The molecule has 1 heterocycles. The Morgan fingerprint density at radius 1 is 1.36 bits per heavy atom.